The van der Waals surface area contributed by atoms with Crippen LogP contribution in [0.15, 0.2) is 53.0 Å². The molecule has 0 saturated heterocycles. The molecule has 0 radical (unpaired) electrons. The van der Waals surface area contributed by atoms with Crippen LogP contribution in [0, 0.1) is 6.92 Å². The van der Waals surface area contributed by atoms with E-state index in [2.05, 4.69) is 38.7 Å². The fourth-order valence-electron chi connectivity index (χ4n) is 2.10. The van der Waals surface area contributed by atoms with Gasteiger partial charge < -0.3 is 10.6 Å². The smallest absolute Gasteiger partial charge is 0.221 e. The van der Waals surface area contributed by atoms with Crippen LogP contribution in [-0.2, 0) is 11.2 Å². The van der Waals surface area contributed by atoms with E-state index in [1.54, 1.807) is 0 Å². The van der Waals surface area contributed by atoms with Gasteiger partial charge in [0.2, 0.25) is 5.91 Å². The first-order valence-corrected chi connectivity index (χ1v) is 8.25. The van der Waals surface area contributed by atoms with Gasteiger partial charge in [-0.3, -0.25) is 4.79 Å². The number of benzene rings is 2. The number of carbonyl (C=O) groups excluding carboxylic acids is 1. The molecule has 2 aromatic rings. The maximum Gasteiger partial charge on any atom is 0.221 e. The topological polar surface area (TPSA) is 41.1 Å². The normalized spacial score (nSPS) is 10.3. The van der Waals surface area contributed by atoms with E-state index >= 15 is 0 Å². The highest BCUT2D eigenvalue weighted by Gasteiger charge is 2.02. The molecule has 0 heterocycles. The molecule has 116 valence electrons. The molecule has 1 amide bonds. The van der Waals surface area contributed by atoms with Crippen LogP contribution in [0.3, 0.4) is 0 Å². The van der Waals surface area contributed by atoms with Crippen molar-refractivity contribution in [3.8, 4) is 0 Å². The van der Waals surface area contributed by atoms with E-state index < -0.39 is 0 Å². The van der Waals surface area contributed by atoms with E-state index in [0.29, 0.717) is 19.5 Å². The average molecular weight is 361 g/mol. The Kier molecular flexibility index (Phi) is 6.46. The summed E-state index contributed by atoms with van der Waals surface area (Å²) in [6.07, 6.45) is 1.34. The molecule has 0 aliphatic rings. The quantitative estimate of drug-likeness (QED) is 0.785. The van der Waals surface area contributed by atoms with E-state index in [1.165, 1.54) is 11.1 Å². The van der Waals surface area contributed by atoms with Gasteiger partial charge in [0.25, 0.3) is 0 Å². The lowest BCUT2D eigenvalue weighted by molar-refractivity contribution is -0.120. The first-order chi connectivity index (χ1) is 10.6. The zero-order chi connectivity index (χ0) is 15.8. The molecule has 0 spiro atoms. The predicted molar refractivity (Wildman–Crippen MR) is 95.1 cm³/mol. The number of nitrogens with one attached hydrogen (secondary N) is 2. The van der Waals surface area contributed by atoms with E-state index in [0.717, 1.165) is 16.6 Å². The molecule has 0 aliphatic heterocycles. The van der Waals surface area contributed by atoms with E-state index in [-0.39, 0.29) is 5.91 Å². The fraction of sp³-hybridized carbons (Fsp3) is 0.278. The van der Waals surface area contributed by atoms with Crippen LogP contribution >= 0.6 is 15.9 Å². The molecule has 2 N–H and O–H groups in total. The van der Waals surface area contributed by atoms with Crippen molar-refractivity contribution in [2.24, 2.45) is 0 Å². The third kappa shape index (κ3) is 5.53. The van der Waals surface area contributed by atoms with Crippen LogP contribution in [0.2, 0.25) is 0 Å². The Morgan fingerprint density at radius 1 is 1.09 bits per heavy atom. The number of hydrogen-bond donors (Lipinski definition) is 2. The van der Waals surface area contributed by atoms with Crippen molar-refractivity contribution in [1.29, 1.82) is 0 Å². The average Bonchev–Trinajstić information content (AvgIpc) is 2.52. The summed E-state index contributed by atoms with van der Waals surface area (Å²) in [7, 11) is 0. The minimum absolute atomic E-state index is 0.0783. The monoisotopic (exact) mass is 360 g/mol. The summed E-state index contributed by atoms with van der Waals surface area (Å²) in [6, 6.07) is 16.3. The van der Waals surface area contributed by atoms with Gasteiger partial charge in [0, 0.05) is 29.7 Å². The summed E-state index contributed by atoms with van der Waals surface area (Å²) < 4.78 is 1.07. The molecule has 3 nitrogen and oxygen atoms in total. The Labute approximate surface area is 140 Å². The fourth-order valence-corrected chi connectivity index (χ4v) is 2.48. The second kappa shape index (κ2) is 8.59. The summed E-state index contributed by atoms with van der Waals surface area (Å²) in [6.45, 7) is 3.36. The molecule has 2 aromatic carbocycles. The summed E-state index contributed by atoms with van der Waals surface area (Å²) in [5.41, 5.74) is 3.46. The second-order valence-electron chi connectivity index (χ2n) is 5.23. The van der Waals surface area contributed by atoms with Gasteiger partial charge >= 0.3 is 0 Å². The summed E-state index contributed by atoms with van der Waals surface area (Å²) >= 11 is 3.50. The van der Waals surface area contributed by atoms with Crippen LogP contribution in [0.25, 0.3) is 0 Å². The van der Waals surface area contributed by atoms with E-state index in [9.17, 15) is 4.79 Å². The van der Waals surface area contributed by atoms with Crippen LogP contribution in [0.1, 0.15) is 17.5 Å². The lowest BCUT2D eigenvalue weighted by Crippen LogP contribution is -2.27. The lowest BCUT2D eigenvalue weighted by atomic mass is 10.1. The number of amides is 1. The molecule has 22 heavy (non-hydrogen) atoms. The van der Waals surface area contributed by atoms with E-state index in [4.69, 9.17) is 0 Å². The van der Waals surface area contributed by atoms with Crippen molar-refractivity contribution >= 4 is 27.5 Å². The number of hydrogen-bond acceptors (Lipinski definition) is 2. The first kappa shape index (κ1) is 16.6. The number of carbonyl (C=O) groups is 1. The van der Waals surface area contributed by atoms with Gasteiger partial charge in [-0.25, -0.2) is 0 Å². The van der Waals surface area contributed by atoms with Crippen LogP contribution in [0.4, 0.5) is 5.69 Å². The van der Waals surface area contributed by atoms with Crippen molar-refractivity contribution in [2.75, 3.05) is 18.4 Å². The minimum Gasteiger partial charge on any atom is -0.384 e. The molecule has 0 bridgehead atoms. The predicted octanol–water partition coefficient (Wildman–Crippen LogP) is 3.92. The summed E-state index contributed by atoms with van der Waals surface area (Å²) in [5.74, 6) is 0.0783. The van der Waals surface area contributed by atoms with Crippen LogP contribution in [-0.4, -0.2) is 19.0 Å². The highest BCUT2D eigenvalue weighted by Crippen LogP contribution is 2.20. The molecule has 4 heteroatoms. The zero-order valence-corrected chi connectivity index (χ0v) is 14.3. The van der Waals surface area contributed by atoms with Crippen molar-refractivity contribution in [2.45, 2.75) is 19.8 Å². The van der Waals surface area contributed by atoms with Gasteiger partial charge in [-0.15, -0.1) is 0 Å². The lowest BCUT2D eigenvalue weighted by Gasteiger charge is -2.09. The summed E-state index contributed by atoms with van der Waals surface area (Å²) in [5, 5.41) is 6.21. The van der Waals surface area contributed by atoms with Gasteiger partial charge in [0.1, 0.15) is 0 Å². The maximum absolute atomic E-state index is 11.8. The van der Waals surface area contributed by atoms with Gasteiger partial charge in [0.05, 0.1) is 0 Å². The second-order valence-corrected chi connectivity index (χ2v) is 6.08. The highest BCUT2D eigenvalue weighted by atomic mass is 79.9. The largest absolute Gasteiger partial charge is 0.384 e. The van der Waals surface area contributed by atoms with Crippen molar-refractivity contribution in [1.82, 2.24) is 5.32 Å². The Morgan fingerprint density at radius 3 is 2.59 bits per heavy atom. The SMILES string of the molecule is Cc1ccc(NCCC(=O)NCCc2ccccc2)cc1Br. The Bertz CT molecular complexity index is 614. The number of halogens is 1. The molecule has 2 rings (SSSR count). The van der Waals surface area contributed by atoms with Gasteiger partial charge in [0.15, 0.2) is 0 Å². The molecule has 0 aromatic heterocycles. The molecule has 0 atom stereocenters. The van der Waals surface area contributed by atoms with Gasteiger partial charge in [-0.05, 0) is 36.6 Å². The third-order valence-electron chi connectivity index (χ3n) is 3.43. The molecule has 0 fully saturated rings. The first-order valence-electron chi connectivity index (χ1n) is 7.46. The standard InChI is InChI=1S/C18H21BrN2O/c1-14-7-8-16(13-17(14)19)20-12-10-18(22)21-11-9-15-5-3-2-4-6-15/h2-8,13,20H,9-12H2,1H3,(H,21,22). The van der Waals surface area contributed by atoms with Crippen molar-refractivity contribution in [3.63, 3.8) is 0 Å². The van der Waals surface area contributed by atoms with Crippen molar-refractivity contribution < 1.29 is 4.79 Å². The Hall–Kier alpha value is -1.81. The maximum atomic E-state index is 11.8. The van der Waals surface area contributed by atoms with Crippen molar-refractivity contribution in [3.05, 3.63) is 64.1 Å². The van der Waals surface area contributed by atoms with Crippen LogP contribution in [0.5, 0.6) is 0 Å². The Morgan fingerprint density at radius 2 is 1.86 bits per heavy atom. The Balaban J connectivity index is 1.64. The van der Waals surface area contributed by atoms with Crippen LogP contribution < -0.4 is 10.6 Å². The van der Waals surface area contributed by atoms with Gasteiger partial charge in [-0.1, -0.05) is 52.3 Å². The number of aryl methyl sites for hydroxylation is 1. The zero-order valence-electron chi connectivity index (χ0n) is 12.7. The molecule has 0 aliphatic carbocycles. The number of anilines is 1. The van der Waals surface area contributed by atoms with E-state index in [1.807, 2.05) is 43.3 Å². The van der Waals surface area contributed by atoms with Gasteiger partial charge in [-0.2, -0.15) is 0 Å². The molecule has 0 unspecified atom stereocenters. The molecular weight excluding hydrogens is 340 g/mol. The highest BCUT2D eigenvalue weighted by molar-refractivity contribution is 9.10. The number of rotatable bonds is 7. The molecule has 0 saturated carbocycles. The third-order valence-corrected chi connectivity index (χ3v) is 4.29. The summed E-state index contributed by atoms with van der Waals surface area (Å²) in [4.78, 5) is 11.8. The molecular formula is C18H21BrN2O. The minimum atomic E-state index is 0.0783.